The molecule has 2 aliphatic heterocycles. The van der Waals surface area contributed by atoms with Gasteiger partial charge in [-0.3, -0.25) is 9.69 Å². The first-order chi connectivity index (χ1) is 11.1. The van der Waals surface area contributed by atoms with Gasteiger partial charge in [0.1, 0.15) is 11.3 Å². The van der Waals surface area contributed by atoms with E-state index in [2.05, 4.69) is 10.2 Å². The number of furan rings is 1. The van der Waals surface area contributed by atoms with Crippen LogP contribution in [-0.4, -0.2) is 34.0 Å². The summed E-state index contributed by atoms with van der Waals surface area (Å²) in [5.74, 6) is 0.304. The second-order valence-electron chi connectivity index (χ2n) is 6.87. The highest BCUT2D eigenvalue weighted by Gasteiger charge is 2.40. The van der Waals surface area contributed by atoms with Gasteiger partial charge in [0, 0.05) is 48.6 Å². The fraction of sp³-hybridized carbons (Fsp3) is 0.500. The van der Waals surface area contributed by atoms with Crippen LogP contribution < -0.4 is 5.32 Å². The van der Waals surface area contributed by atoms with Crippen molar-refractivity contribution in [2.75, 3.05) is 0 Å². The molecular weight excluding hydrogens is 292 g/mol. The Bertz CT molecular complexity index is 725. The van der Waals surface area contributed by atoms with Crippen LogP contribution in [-0.2, 0) is 11.3 Å². The third-order valence-corrected chi connectivity index (χ3v) is 5.28. The van der Waals surface area contributed by atoms with Gasteiger partial charge in [-0.25, -0.2) is 0 Å². The Labute approximate surface area is 135 Å². The summed E-state index contributed by atoms with van der Waals surface area (Å²) in [5.41, 5.74) is 1.91. The van der Waals surface area contributed by atoms with E-state index in [9.17, 15) is 9.90 Å². The van der Waals surface area contributed by atoms with Crippen molar-refractivity contribution in [2.24, 2.45) is 0 Å². The van der Waals surface area contributed by atoms with E-state index in [1.54, 1.807) is 19.1 Å². The molecule has 5 heteroatoms. The first-order valence-corrected chi connectivity index (χ1v) is 8.32. The van der Waals surface area contributed by atoms with E-state index in [0.717, 1.165) is 30.4 Å². The molecule has 0 spiro atoms. The molecule has 1 amide bonds. The average molecular weight is 314 g/mol. The first kappa shape index (κ1) is 14.6. The molecule has 2 fully saturated rings. The molecule has 0 saturated carbocycles. The van der Waals surface area contributed by atoms with E-state index >= 15 is 0 Å². The molecule has 3 heterocycles. The fourth-order valence-corrected chi connectivity index (χ4v) is 4.33. The molecule has 2 bridgehead atoms. The Morgan fingerprint density at radius 1 is 1.35 bits per heavy atom. The predicted molar refractivity (Wildman–Crippen MR) is 87.1 cm³/mol. The van der Waals surface area contributed by atoms with Crippen molar-refractivity contribution >= 4 is 16.9 Å². The highest BCUT2D eigenvalue weighted by atomic mass is 16.3. The number of carbonyl (C=O) groups is 1. The minimum atomic E-state index is 0.0727. The van der Waals surface area contributed by atoms with Gasteiger partial charge in [0.2, 0.25) is 5.91 Å². The quantitative estimate of drug-likeness (QED) is 0.914. The molecule has 0 radical (unpaired) electrons. The Kier molecular flexibility index (Phi) is 3.53. The molecule has 0 unspecified atom stereocenters. The van der Waals surface area contributed by atoms with Crippen LogP contribution in [0, 0.1) is 0 Å². The van der Waals surface area contributed by atoms with E-state index in [1.807, 2.05) is 12.3 Å². The Morgan fingerprint density at radius 3 is 2.78 bits per heavy atom. The molecule has 4 rings (SSSR count). The average Bonchev–Trinajstić information content (AvgIpc) is 2.98. The lowest BCUT2D eigenvalue weighted by molar-refractivity contribution is -0.120. The molecule has 2 aliphatic rings. The fourth-order valence-electron chi connectivity index (χ4n) is 4.33. The zero-order chi connectivity index (χ0) is 16.0. The summed E-state index contributed by atoms with van der Waals surface area (Å²) in [4.78, 5) is 13.9. The van der Waals surface area contributed by atoms with Gasteiger partial charge < -0.3 is 14.8 Å². The molecule has 23 heavy (non-hydrogen) atoms. The number of nitrogens with zero attached hydrogens (tertiary/aromatic N) is 1. The van der Waals surface area contributed by atoms with Gasteiger partial charge in [-0.1, -0.05) is 0 Å². The molecule has 2 aromatic rings. The SMILES string of the molecule is CC(=O)N[C@H]1C[C@H]2CC[C@@H](C1)N2Cc1coc2cc(O)ccc12. The monoisotopic (exact) mass is 314 g/mol. The number of phenolic OH excluding ortho intramolecular Hbond substituents is 1. The highest BCUT2D eigenvalue weighted by Crippen LogP contribution is 2.38. The lowest BCUT2D eigenvalue weighted by atomic mass is 9.96. The van der Waals surface area contributed by atoms with E-state index < -0.39 is 0 Å². The number of fused-ring (bicyclic) bond motifs is 3. The number of hydrogen-bond donors (Lipinski definition) is 2. The van der Waals surface area contributed by atoms with E-state index in [4.69, 9.17) is 4.42 Å². The smallest absolute Gasteiger partial charge is 0.217 e. The molecule has 2 N–H and O–H groups in total. The van der Waals surface area contributed by atoms with Crippen molar-refractivity contribution in [3.8, 4) is 5.75 Å². The molecule has 5 nitrogen and oxygen atoms in total. The van der Waals surface area contributed by atoms with Crippen molar-refractivity contribution in [1.29, 1.82) is 0 Å². The lowest BCUT2D eigenvalue weighted by Crippen LogP contribution is -2.49. The largest absolute Gasteiger partial charge is 0.508 e. The number of aromatic hydroxyl groups is 1. The maximum Gasteiger partial charge on any atom is 0.217 e. The Hall–Kier alpha value is -2.01. The minimum absolute atomic E-state index is 0.0727. The van der Waals surface area contributed by atoms with Crippen LogP contribution in [0.2, 0.25) is 0 Å². The topological polar surface area (TPSA) is 65.7 Å². The summed E-state index contributed by atoms with van der Waals surface area (Å²) in [6.07, 6.45) is 6.29. The highest BCUT2D eigenvalue weighted by molar-refractivity contribution is 5.82. The van der Waals surface area contributed by atoms with Gasteiger partial charge in [0.05, 0.1) is 6.26 Å². The van der Waals surface area contributed by atoms with Crippen LogP contribution in [0.15, 0.2) is 28.9 Å². The summed E-state index contributed by atoms with van der Waals surface area (Å²) < 4.78 is 5.59. The molecule has 2 saturated heterocycles. The van der Waals surface area contributed by atoms with Crippen molar-refractivity contribution in [1.82, 2.24) is 10.2 Å². The number of hydrogen-bond acceptors (Lipinski definition) is 4. The lowest BCUT2D eigenvalue weighted by Gasteiger charge is -2.39. The van der Waals surface area contributed by atoms with Crippen LogP contribution in [0.1, 0.15) is 38.2 Å². The van der Waals surface area contributed by atoms with Crippen molar-refractivity contribution < 1.29 is 14.3 Å². The molecule has 0 aliphatic carbocycles. The van der Waals surface area contributed by atoms with Gasteiger partial charge >= 0.3 is 0 Å². The van der Waals surface area contributed by atoms with Gasteiger partial charge in [-0.05, 0) is 37.8 Å². The number of nitrogens with one attached hydrogen (secondary N) is 1. The third-order valence-electron chi connectivity index (χ3n) is 5.28. The van der Waals surface area contributed by atoms with Crippen molar-refractivity contribution in [3.63, 3.8) is 0 Å². The molecule has 1 aromatic carbocycles. The number of amides is 1. The Balaban J connectivity index is 1.52. The number of benzene rings is 1. The summed E-state index contributed by atoms with van der Waals surface area (Å²) in [6.45, 7) is 2.47. The van der Waals surface area contributed by atoms with Crippen LogP contribution in [0.5, 0.6) is 5.75 Å². The van der Waals surface area contributed by atoms with E-state index in [-0.39, 0.29) is 11.7 Å². The summed E-state index contributed by atoms with van der Waals surface area (Å²) in [5, 5.41) is 13.7. The zero-order valence-electron chi connectivity index (χ0n) is 13.3. The molecular formula is C18H22N2O3. The van der Waals surface area contributed by atoms with Gasteiger partial charge in [-0.2, -0.15) is 0 Å². The van der Waals surface area contributed by atoms with Gasteiger partial charge in [0.25, 0.3) is 0 Å². The standard InChI is InChI=1S/C18H22N2O3/c1-11(21)19-13-6-14-2-3-15(7-13)20(14)9-12-10-23-18-8-16(22)4-5-17(12)18/h4-5,8,10,13-15,22H,2-3,6-7,9H2,1H3,(H,19,21)/t13-,14+,15-. The van der Waals surface area contributed by atoms with Crippen LogP contribution >= 0.6 is 0 Å². The number of phenols is 1. The maximum atomic E-state index is 11.3. The molecule has 122 valence electrons. The zero-order valence-corrected chi connectivity index (χ0v) is 13.3. The Morgan fingerprint density at radius 2 is 2.09 bits per heavy atom. The first-order valence-electron chi connectivity index (χ1n) is 8.32. The molecule has 3 atom stereocenters. The second kappa shape index (κ2) is 5.57. The summed E-state index contributed by atoms with van der Waals surface area (Å²) >= 11 is 0. The maximum absolute atomic E-state index is 11.3. The van der Waals surface area contributed by atoms with Crippen LogP contribution in [0.4, 0.5) is 0 Å². The van der Waals surface area contributed by atoms with Crippen LogP contribution in [0.3, 0.4) is 0 Å². The van der Waals surface area contributed by atoms with Gasteiger partial charge in [0.15, 0.2) is 0 Å². The van der Waals surface area contributed by atoms with Crippen molar-refractivity contribution in [2.45, 2.75) is 57.3 Å². The number of piperidine rings is 1. The third kappa shape index (κ3) is 2.70. The number of rotatable bonds is 3. The second-order valence-corrected chi connectivity index (χ2v) is 6.87. The predicted octanol–water partition coefficient (Wildman–Crippen LogP) is 2.77. The summed E-state index contributed by atoms with van der Waals surface area (Å²) in [7, 11) is 0. The van der Waals surface area contributed by atoms with E-state index in [0.29, 0.717) is 18.1 Å². The molecule has 1 aromatic heterocycles. The minimum Gasteiger partial charge on any atom is -0.508 e. The normalized spacial score (nSPS) is 27.4. The van der Waals surface area contributed by atoms with Crippen molar-refractivity contribution in [3.05, 3.63) is 30.0 Å². The van der Waals surface area contributed by atoms with Crippen LogP contribution in [0.25, 0.3) is 11.0 Å². The number of carbonyl (C=O) groups excluding carboxylic acids is 1. The summed E-state index contributed by atoms with van der Waals surface area (Å²) in [6, 6.07) is 6.69. The van der Waals surface area contributed by atoms with Gasteiger partial charge in [-0.15, -0.1) is 0 Å². The van der Waals surface area contributed by atoms with E-state index in [1.165, 1.54) is 18.4 Å².